The minimum Gasteiger partial charge on any atom is -0.468 e. The van der Waals surface area contributed by atoms with Gasteiger partial charge in [-0.2, -0.15) is 0 Å². The highest BCUT2D eigenvalue weighted by Gasteiger charge is 2.26. The average molecular weight is 312 g/mol. The number of nitrogens with one attached hydrogen (secondary N) is 1. The molecule has 4 nitrogen and oxygen atoms in total. The lowest BCUT2D eigenvalue weighted by Crippen LogP contribution is -2.36. The summed E-state index contributed by atoms with van der Waals surface area (Å²) in [4.78, 5) is 14.9. The molecule has 2 aromatic rings. The first-order chi connectivity index (χ1) is 11.1. The summed E-state index contributed by atoms with van der Waals surface area (Å²) in [5.41, 5.74) is 2.93. The summed E-state index contributed by atoms with van der Waals surface area (Å²) in [7, 11) is 0. The van der Waals surface area contributed by atoms with Crippen LogP contribution in [0, 0.1) is 13.8 Å². The Bertz CT molecular complexity index is 658. The number of carbonyl (C=O) groups is 1. The van der Waals surface area contributed by atoms with E-state index in [2.05, 4.69) is 10.2 Å². The number of benzene rings is 1. The second kappa shape index (κ2) is 7.01. The van der Waals surface area contributed by atoms with Crippen molar-refractivity contribution in [1.29, 1.82) is 0 Å². The Labute approximate surface area is 137 Å². The summed E-state index contributed by atoms with van der Waals surface area (Å²) >= 11 is 0. The van der Waals surface area contributed by atoms with Gasteiger partial charge in [-0.1, -0.05) is 17.7 Å². The van der Waals surface area contributed by atoms with Gasteiger partial charge >= 0.3 is 0 Å². The van der Waals surface area contributed by atoms with E-state index in [1.54, 1.807) is 6.26 Å². The molecule has 1 fully saturated rings. The molecule has 4 heteroatoms. The SMILES string of the molecule is Cc1ccc(C(=O)NCC(c2ccco2)N2CCCC2)c(C)c1. The highest BCUT2D eigenvalue weighted by atomic mass is 16.3. The van der Waals surface area contributed by atoms with Crippen molar-refractivity contribution in [2.75, 3.05) is 19.6 Å². The first kappa shape index (κ1) is 15.8. The van der Waals surface area contributed by atoms with Gasteiger partial charge in [0.1, 0.15) is 5.76 Å². The monoisotopic (exact) mass is 312 g/mol. The zero-order chi connectivity index (χ0) is 16.2. The van der Waals surface area contributed by atoms with Crippen molar-refractivity contribution in [2.45, 2.75) is 32.7 Å². The van der Waals surface area contributed by atoms with Crippen LogP contribution in [0.15, 0.2) is 41.0 Å². The molecule has 3 rings (SSSR count). The van der Waals surface area contributed by atoms with E-state index in [-0.39, 0.29) is 11.9 Å². The molecule has 2 heterocycles. The molecule has 122 valence electrons. The number of amides is 1. The summed E-state index contributed by atoms with van der Waals surface area (Å²) in [6.45, 7) is 6.71. The molecular weight excluding hydrogens is 288 g/mol. The van der Waals surface area contributed by atoms with Gasteiger partial charge in [0.15, 0.2) is 0 Å². The summed E-state index contributed by atoms with van der Waals surface area (Å²) in [5, 5.41) is 3.08. The van der Waals surface area contributed by atoms with Crippen molar-refractivity contribution in [1.82, 2.24) is 10.2 Å². The lowest BCUT2D eigenvalue weighted by Gasteiger charge is -2.26. The lowest BCUT2D eigenvalue weighted by molar-refractivity contribution is 0.0933. The van der Waals surface area contributed by atoms with Crippen molar-refractivity contribution >= 4 is 5.91 Å². The molecule has 1 atom stereocenters. The van der Waals surface area contributed by atoms with Gasteiger partial charge in [-0.05, 0) is 63.5 Å². The average Bonchev–Trinajstić information content (AvgIpc) is 3.21. The second-order valence-electron chi connectivity index (χ2n) is 6.30. The van der Waals surface area contributed by atoms with Crippen molar-refractivity contribution < 1.29 is 9.21 Å². The molecule has 1 amide bonds. The number of likely N-dealkylation sites (tertiary alicyclic amines) is 1. The van der Waals surface area contributed by atoms with Crippen LogP contribution in [0.2, 0.25) is 0 Å². The molecule has 1 N–H and O–H groups in total. The molecule has 1 aliphatic heterocycles. The highest BCUT2D eigenvalue weighted by molar-refractivity contribution is 5.95. The minimum atomic E-state index is -0.0155. The molecule has 0 saturated carbocycles. The molecule has 23 heavy (non-hydrogen) atoms. The van der Waals surface area contributed by atoms with Crippen molar-refractivity contribution in [3.63, 3.8) is 0 Å². The van der Waals surface area contributed by atoms with Crippen LogP contribution in [0.25, 0.3) is 0 Å². The molecule has 1 aromatic heterocycles. The maximum absolute atomic E-state index is 12.5. The predicted molar refractivity (Wildman–Crippen MR) is 90.5 cm³/mol. The third kappa shape index (κ3) is 3.64. The van der Waals surface area contributed by atoms with Crippen molar-refractivity contribution in [3.8, 4) is 0 Å². The normalized spacial score (nSPS) is 16.4. The van der Waals surface area contributed by atoms with Crippen LogP contribution in [0.4, 0.5) is 0 Å². The molecule has 1 aromatic carbocycles. The zero-order valence-corrected chi connectivity index (χ0v) is 13.8. The third-order valence-corrected chi connectivity index (χ3v) is 4.54. The maximum Gasteiger partial charge on any atom is 0.251 e. The van der Waals surface area contributed by atoms with E-state index in [1.807, 2.05) is 44.2 Å². The summed E-state index contributed by atoms with van der Waals surface area (Å²) in [6, 6.07) is 9.93. The molecule has 1 unspecified atom stereocenters. The fourth-order valence-electron chi connectivity index (χ4n) is 3.30. The predicted octanol–water partition coefficient (Wildman–Crippen LogP) is 3.46. The van der Waals surface area contributed by atoms with E-state index in [1.165, 1.54) is 18.4 Å². The smallest absolute Gasteiger partial charge is 0.251 e. The first-order valence-electron chi connectivity index (χ1n) is 8.28. The van der Waals surface area contributed by atoms with Gasteiger partial charge in [-0.15, -0.1) is 0 Å². The van der Waals surface area contributed by atoms with Gasteiger partial charge in [0.25, 0.3) is 5.91 Å². The van der Waals surface area contributed by atoms with E-state index in [4.69, 9.17) is 4.42 Å². The van der Waals surface area contributed by atoms with Crippen molar-refractivity contribution in [3.05, 3.63) is 59.0 Å². The highest BCUT2D eigenvalue weighted by Crippen LogP contribution is 2.25. The number of nitrogens with zero attached hydrogens (tertiary/aromatic N) is 1. The van der Waals surface area contributed by atoms with Crippen LogP contribution < -0.4 is 5.32 Å². The molecular formula is C19H24N2O2. The van der Waals surface area contributed by atoms with Crippen LogP contribution in [0.3, 0.4) is 0 Å². The van der Waals surface area contributed by atoms with Crippen LogP contribution in [0.1, 0.15) is 46.1 Å². The Morgan fingerprint density at radius 3 is 2.70 bits per heavy atom. The molecule has 0 bridgehead atoms. The van der Waals surface area contributed by atoms with E-state index in [0.29, 0.717) is 6.54 Å². The fourth-order valence-corrected chi connectivity index (χ4v) is 3.30. The molecule has 0 aliphatic carbocycles. The Kier molecular flexibility index (Phi) is 4.82. The van der Waals surface area contributed by atoms with E-state index < -0.39 is 0 Å². The number of aryl methyl sites for hydroxylation is 2. The zero-order valence-electron chi connectivity index (χ0n) is 13.8. The van der Waals surface area contributed by atoms with Gasteiger partial charge < -0.3 is 9.73 Å². The fraction of sp³-hybridized carbons (Fsp3) is 0.421. The van der Waals surface area contributed by atoms with E-state index in [0.717, 1.165) is 30.0 Å². The Balaban J connectivity index is 1.69. The number of hydrogen-bond acceptors (Lipinski definition) is 3. The van der Waals surface area contributed by atoms with Gasteiger partial charge in [-0.25, -0.2) is 0 Å². The Morgan fingerprint density at radius 2 is 2.04 bits per heavy atom. The summed E-state index contributed by atoms with van der Waals surface area (Å²) < 4.78 is 5.59. The van der Waals surface area contributed by atoms with Gasteiger partial charge in [0.05, 0.1) is 12.3 Å². The molecule has 0 spiro atoms. The quantitative estimate of drug-likeness (QED) is 0.919. The third-order valence-electron chi connectivity index (χ3n) is 4.54. The number of furan rings is 1. The van der Waals surface area contributed by atoms with E-state index in [9.17, 15) is 4.79 Å². The molecule has 0 radical (unpaired) electrons. The van der Waals surface area contributed by atoms with Crippen LogP contribution in [-0.4, -0.2) is 30.4 Å². The topological polar surface area (TPSA) is 45.5 Å². The second-order valence-corrected chi connectivity index (χ2v) is 6.30. The lowest BCUT2D eigenvalue weighted by atomic mass is 10.0. The number of rotatable bonds is 5. The van der Waals surface area contributed by atoms with Gasteiger partial charge in [0.2, 0.25) is 0 Å². The largest absolute Gasteiger partial charge is 0.468 e. The van der Waals surface area contributed by atoms with Gasteiger partial charge in [0, 0.05) is 12.1 Å². The molecule has 1 saturated heterocycles. The van der Waals surface area contributed by atoms with Crippen LogP contribution in [-0.2, 0) is 0 Å². The van der Waals surface area contributed by atoms with Gasteiger partial charge in [-0.3, -0.25) is 9.69 Å². The first-order valence-corrected chi connectivity index (χ1v) is 8.28. The Hall–Kier alpha value is -2.07. The van der Waals surface area contributed by atoms with E-state index >= 15 is 0 Å². The minimum absolute atomic E-state index is 0.0155. The van der Waals surface area contributed by atoms with Crippen LogP contribution in [0.5, 0.6) is 0 Å². The van der Waals surface area contributed by atoms with Crippen molar-refractivity contribution in [2.24, 2.45) is 0 Å². The standard InChI is InChI=1S/C19H24N2O2/c1-14-7-8-16(15(2)12-14)19(22)20-13-17(18-6-5-11-23-18)21-9-3-4-10-21/h5-8,11-12,17H,3-4,9-10,13H2,1-2H3,(H,20,22). The number of carbonyl (C=O) groups excluding carboxylic acids is 1. The van der Waals surface area contributed by atoms with Crippen LogP contribution >= 0.6 is 0 Å². The summed E-state index contributed by atoms with van der Waals surface area (Å²) in [5.74, 6) is 0.908. The molecule has 1 aliphatic rings. The maximum atomic E-state index is 12.5. The number of hydrogen-bond donors (Lipinski definition) is 1. The Morgan fingerprint density at radius 1 is 1.26 bits per heavy atom. The summed E-state index contributed by atoms with van der Waals surface area (Å²) in [6.07, 6.45) is 4.12.